The molecular formula is C42H45N7O4. The van der Waals surface area contributed by atoms with Gasteiger partial charge in [0.25, 0.3) is 5.91 Å². The van der Waals surface area contributed by atoms with Crippen LogP contribution in [-0.2, 0) is 16.1 Å². The summed E-state index contributed by atoms with van der Waals surface area (Å²) in [6, 6.07) is 24.2. The normalized spacial score (nSPS) is 19.7. The molecule has 4 aliphatic rings. The number of aromatic nitrogens is 1. The van der Waals surface area contributed by atoms with Crippen molar-refractivity contribution in [3.63, 3.8) is 0 Å². The predicted octanol–water partition coefficient (Wildman–Crippen LogP) is 5.23. The average Bonchev–Trinajstić information content (AvgIpc) is 3.52. The van der Waals surface area contributed by atoms with Crippen LogP contribution in [0.1, 0.15) is 71.5 Å². The van der Waals surface area contributed by atoms with Gasteiger partial charge in [0.05, 0.1) is 29.4 Å². The molecule has 272 valence electrons. The molecule has 11 nitrogen and oxygen atoms in total. The number of amides is 3. The van der Waals surface area contributed by atoms with Crippen molar-refractivity contribution in [1.29, 1.82) is 5.26 Å². The van der Waals surface area contributed by atoms with E-state index in [4.69, 9.17) is 4.74 Å². The van der Waals surface area contributed by atoms with Gasteiger partial charge in [0.15, 0.2) is 0 Å². The van der Waals surface area contributed by atoms with Gasteiger partial charge < -0.3 is 19.4 Å². The minimum absolute atomic E-state index is 0.132. The third-order valence-corrected chi connectivity index (χ3v) is 11.4. The summed E-state index contributed by atoms with van der Waals surface area (Å²) in [4.78, 5) is 50.6. The number of unbranched alkanes of at least 4 members (excludes halogenated alkanes) is 1. The first-order valence-corrected chi connectivity index (χ1v) is 19.0. The summed E-state index contributed by atoms with van der Waals surface area (Å²) in [5, 5.41) is 12.8. The molecule has 3 saturated heterocycles. The van der Waals surface area contributed by atoms with Crippen LogP contribution in [0.2, 0.25) is 0 Å². The zero-order valence-electron chi connectivity index (χ0n) is 30.0. The number of ether oxygens (including phenoxy) is 1. The Balaban J connectivity index is 0.741. The van der Waals surface area contributed by atoms with Gasteiger partial charge in [-0.1, -0.05) is 12.1 Å². The predicted molar refractivity (Wildman–Crippen MR) is 203 cm³/mol. The Hall–Kier alpha value is -5.47. The van der Waals surface area contributed by atoms with Gasteiger partial charge in [-0.25, -0.2) is 0 Å². The van der Waals surface area contributed by atoms with Crippen LogP contribution in [0.15, 0.2) is 72.9 Å². The molecule has 1 unspecified atom stereocenters. The molecule has 1 N–H and O–H groups in total. The molecule has 4 aromatic rings. The lowest BCUT2D eigenvalue weighted by atomic mass is 9.89. The lowest BCUT2D eigenvalue weighted by Crippen LogP contribution is -2.52. The SMILES string of the molecule is N#Cc1ccc(N2CCC(c3ccc(OCCCCN4CCN(c5ccc6c(c5)CN(C5CCC(=O)NC5=O)C6=O)CC4)cc3)CC2)c2ncccc12. The summed E-state index contributed by atoms with van der Waals surface area (Å²) in [6.07, 6.45) is 6.66. The first kappa shape index (κ1) is 34.6. The monoisotopic (exact) mass is 711 g/mol. The fourth-order valence-electron chi connectivity index (χ4n) is 8.42. The van der Waals surface area contributed by atoms with Crippen molar-refractivity contribution in [2.24, 2.45) is 0 Å². The molecule has 1 atom stereocenters. The Bertz CT molecular complexity index is 2050. The number of benzene rings is 3. The van der Waals surface area contributed by atoms with Crippen LogP contribution in [0.25, 0.3) is 10.9 Å². The summed E-state index contributed by atoms with van der Waals surface area (Å²) < 4.78 is 6.12. The van der Waals surface area contributed by atoms with Crippen molar-refractivity contribution in [3.05, 3.63) is 95.2 Å². The minimum Gasteiger partial charge on any atom is -0.494 e. The molecule has 1 aromatic heterocycles. The van der Waals surface area contributed by atoms with Gasteiger partial charge in [-0.3, -0.25) is 29.6 Å². The molecule has 0 aliphatic carbocycles. The lowest BCUT2D eigenvalue weighted by molar-refractivity contribution is -0.136. The van der Waals surface area contributed by atoms with E-state index in [1.807, 2.05) is 36.4 Å². The maximum atomic E-state index is 13.1. The molecule has 3 aromatic carbocycles. The Morgan fingerprint density at radius 1 is 0.868 bits per heavy atom. The molecule has 0 bridgehead atoms. The molecule has 53 heavy (non-hydrogen) atoms. The van der Waals surface area contributed by atoms with Crippen molar-refractivity contribution in [3.8, 4) is 11.8 Å². The number of carbonyl (C=O) groups is 3. The zero-order valence-corrected chi connectivity index (χ0v) is 30.0. The van der Waals surface area contributed by atoms with E-state index in [-0.39, 0.29) is 24.1 Å². The number of carbonyl (C=O) groups excluding carboxylic acids is 3. The van der Waals surface area contributed by atoms with E-state index in [1.165, 1.54) is 5.56 Å². The second-order valence-corrected chi connectivity index (χ2v) is 14.6. The number of pyridine rings is 1. The molecule has 5 heterocycles. The highest BCUT2D eigenvalue weighted by atomic mass is 16.5. The molecule has 3 fully saturated rings. The Kier molecular flexibility index (Phi) is 9.96. The smallest absolute Gasteiger partial charge is 0.255 e. The van der Waals surface area contributed by atoms with Crippen LogP contribution >= 0.6 is 0 Å². The Morgan fingerprint density at radius 3 is 2.45 bits per heavy atom. The first-order valence-electron chi connectivity index (χ1n) is 19.0. The quantitative estimate of drug-likeness (QED) is 0.174. The van der Waals surface area contributed by atoms with Gasteiger partial charge in [0.2, 0.25) is 11.8 Å². The van der Waals surface area contributed by atoms with E-state index in [1.54, 1.807) is 11.1 Å². The molecule has 0 radical (unpaired) electrons. The van der Waals surface area contributed by atoms with Gasteiger partial charge in [0, 0.05) is 75.1 Å². The van der Waals surface area contributed by atoms with Crippen molar-refractivity contribution >= 4 is 40.0 Å². The molecular weight excluding hydrogens is 667 g/mol. The summed E-state index contributed by atoms with van der Waals surface area (Å²) in [6.45, 7) is 7.89. The van der Waals surface area contributed by atoms with Crippen LogP contribution in [-0.4, -0.2) is 91.0 Å². The average molecular weight is 712 g/mol. The van der Waals surface area contributed by atoms with Crippen molar-refractivity contribution in [2.45, 2.75) is 57.0 Å². The number of anilines is 2. The second-order valence-electron chi connectivity index (χ2n) is 14.6. The number of piperidine rings is 2. The number of nitrogens with zero attached hydrogens (tertiary/aromatic N) is 6. The van der Waals surface area contributed by atoms with Gasteiger partial charge >= 0.3 is 0 Å². The van der Waals surface area contributed by atoms with Crippen LogP contribution < -0.4 is 19.9 Å². The molecule has 0 spiro atoms. The molecule has 8 rings (SSSR count). The van der Waals surface area contributed by atoms with E-state index in [0.717, 1.165) is 105 Å². The molecule has 11 heteroatoms. The maximum Gasteiger partial charge on any atom is 0.255 e. The van der Waals surface area contributed by atoms with Crippen molar-refractivity contribution in [1.82, 2.24) is 20.1 Å². The van der Waals surface area contributed by atoms with E-state index >= 15 is 0 Å². The van der Waals surface area contributed by atoms with Gasteiger partial charge in [-0.2, -0.15) is 5.26 Å². The highest BCUT2D eigenvalue weighted by Gasteiger charge is 2.39. The van der Waals surface area contributed by atoms with E-state index in [0.29, 0.717) is 36.6 Å². The van der Waals surface area contributed by atoms with Crippen LogP contribution in [0.5, 0.6) is 5.75 Å². The van der Waals surface area contributed by atoms with Gasteiger partial charge in [0.1, 0.15) is 11.8 Å². The Morgan fingerprint density at radius 2 is 1.68 bits per heavy atom. The topological polar surface area (TPSA) is 122 Å². The number of nitriles is 1. The molecule has 4 aliphatic heterocycles. The number of imide groups is 1. The first-order chi connectivity index (χ1) is 25.9. The Labute approximate surface area is 310 Å². The number of fused-ring (bicyclic) bond motifs is 2. The van der Waals surface area contributed by atoms with Crippen LogP contribution in [0, 0.1) is 11.3 Å². The highest BCUT2D eigenvalue weighted by molar-refractivity contribution is 6.05. The summed E-state index contributed by atoms with van der Waals surface area (Å²) in [5.74, 6) is 0.655. The fourth-order valence-corrected chi connectivity index (χ4v) is 8.42. The third-order valence-electron chi connectivity index (χ3n) is 11.4. The summed E-state index contributed by atoms with van der Waals surface area (Å²) in [5.41, 5.74) is 6.76. The van der Waals surface area contributed by atoms with Crippen LogP contribution in [0.3, 0.4) is 0 Å². The number of rotatable bonds is 10. The van der Waals surface area contributed by atoms with Crippen molar-refractivity contribution in [2.75, 3.05) is 62.2 Å². The van der Waals surface area contributed by atoms with Gasteiger partial charge in [-0.05, 0) is 110 Å². The lowest BCUT2D eigenvalue weighted by Gasteiger charge is -2.36. The zero-order chi connectivity index (χ0) is 36.3. The largest absolute Gasteiger partial charge is 0.494 e. The number of piperazine rings is 1. The third kappa shape index (κ3) is 7.29. The fraction of sp³-hybridized carbons (Fsp3) is 0.405. The highest BCUT2D eigenvalue weighted by Crippen LogP contribution is 2.35. The summed E-state index contributed by atoms with van der Waals surface area (Å²) >= 11 is 0. The van der Waals surface area contributed by atoms with E-state index in [2.05, 4.69) is 61.4 Å². The second kappa shape index (κ2) is 15.2. The number of hydrogen-bond donors (Lipinski definition) is 1. The van der Waals surface area contributed by atoms with E-state index in [9.17, 15) is 19.6 Å². The number of nitrogens with one attached hydrogen (secondary N) is 1. The summed E-state index contributed by atoms with van der Waals surface area (Å²) in [7, 11) is 0. The standard InChI is InChI=1S/C42H45N7O4/c43-27-31-7-12-37(40-35(31)4-3-17-44-40)48-19-15-30(16-20-48)29-5-9-34(10-6-29)53-25-2-1-18-46-21-23-47(24-22-46)33-8-11-36-32(26-33)28-49(42(36)52)38-13-14-39(50)45-41(38)51/h3-12,17,26,30,38H,1-2,13-16,18-25,28H2,(H,45,50,51). The number of hydrogen-bond acceptors (Lipinski definition) is 9. The molecule has 3 amide bonds. The minimum atomic E-state index is -0.590. The van der Waals surface area contributed by atoms with E-state index < -0.39 is 6.04 Å². The maximum absolute atomic E-state index is 13.1. The van der Waals surface area contributed by atoms with Gasteiger partial charge in [-0.15, -0.1) is 0 Å². The molecule has 0 saturated carbocycles. The van der Waals surface area contributed by atoms with Crippen LogP contribution in [0.4, 0.5) is 11.4 Å². The van der Waals surface area contributed by atoms with Crippen molar-refractivity contribution < 1.29 is 19.1 Å².